The van der Waals surface area contributed by atoms with Gasteiger partial charge in [0.1, 0.15) is 0 Å². The Hall–Kier alpha value is -1.42. The molecule has 0 unspecified atom stereocenters. The first-order valence-electron chi connectivity index (χ1n) is 5.19. The Morgan fingerprint density at radius 2 is 2.33 bits per heavy atom. The molecule has 1 rings (SSSR count). The summed E-state index contributed by atoms with van der Waals surface area (Å²) >= 11 is 0. The molecule has 1 heterocycles. The van der Waals surface area contributed by atoms with Gasteiger partial charge in [-0.2, -0.15) is 0 Å². The second kappa shape index (κ2) is 6.95. The highest BCUT2D eigenvalue weighted by Crippen LogP contribution is 1.95. The van der Waals surface area contributed by atoms with Crippen LogP contribution >= 0.6 is 0 Å². The zero-order valence-electron chi connectivity index (χ0n) is 8.99. The van der Waals surface area contributed by atoms with Crippen molar-refractivity contribution in [2.45, 2.75) is 13.3 Å². The second-order valence-electron chi connectivity index (χ2n) is 3.24. The molecule has 0 radical (unpaired) electrons. The third kappa shape index (κ3) is 5.12. The number of likely N-dealkylation sites (N-methyl/N-ethyl adjacent to an activating group) is 1. The molecule has 0 atom stereocenters. The lowest BCUT2D eigenvalue weighted by molar-refractivity contribution is -0.120. The third-order valence-corrected chi connectivity index (χ3v) is 1.96. The first-order valence-corrected chi connectivity index (χ1v) is 5.19. The molecule has 82 valence electrons. The van der Waals surface area contributed by atoms with E-state index in [0.717, 1.165) is 18.7 Å². The van der Waals surface area contributed by atoms with Gasteiger partial charge in [0, 0.05) is 25.5 Å². The lowest BCUT2D eigenvalue weighted by atomic mass is 10.2. The van der Waals surface area contributed by atoms with Crippen LogP contribution in [0, 0.1) is 0 Å². The Labute approximate surface area is 90.1 Å². The van der Waals surface area contributed by atoms with Crippen LogP contribution in [0.1, 0.15) is 12.5 Å². The van der Waals surface area contributed by atoms with Gasteiger partial charge in [-0.05, 0) is 18.2 Å². The average molecular weight is 207 g/mol. The van der Waals surface area contributed by atoms with Crippen LogP contribution in [-0.4, -0.2) is 30.5 Å². The zero-order valence-corrected chi connectivity index (χ0v) is 8.99. The number of nitrogens with zero attached hydrogens (tertiary/aromatic N) is 1. The summed E-state index contributed by atoms with van der Waals surface area (Å²) in [4.78, 5) is 15.4. The molecule has 2 N–H and O–H groups in total. The van der Waals surface area contributed by atoms with Crippen LogP contribution in [0.2, 0.25) is 0 Å². The van der Waals surface area contributed by atoms with E-state index in [4.69, 9.17) is 0 Å². The highest BCUT2D eigenvalue weighted by atomic mass is 16.1. The summed E-state index contributed by atoms with van der Waals surface area (Å²) in [5.41, 5.74) is 0.943. The molecule has 4 heteroatoms. The third-order valence-electron chi connectivity index (χ3n) is 1.96. The van der Waals surface area contributed by atoms with E-state index in [1.54, 1.807) is 12.4 Å². The van der Waals surface area contributed by atoms with Crippen molar-refractivity contribution in [2.24, 2.45) is 0 Å². The monoisotopic (exact) mass is 207 g/mol. The molecule has 0 aromatic carbocycles. The lowest BCUT2D eigenvalue weighted by Gasteiger charge is -2.05. The van der Waals surface area contributed by atoms with E-state index in [9.17, 15) is 4.79 Å². The average Bonchev–Trinajstić information content (AvgIpc) is 2.26. The van der Waals surface area contributed by atoms with Gasteiger partial charge >= 0.3 is 0 Å². The fourth-order valence-electron chi connectivity index (χ4n) is 1.22. The van der Waals surface area contributed by atoms with Gasteiger partial charge in [0.25, 0.3) is 0 Å². The van der Waals surface area contributed by atoms with Crippen LogP contribution < -0.4 is 10.6 Å². The van der Waals surface area contributed by atoms with E-state index in [0.29, 0.717) is 13.0 Å². The molecule has 15 heavy (non-hydrogen) atoms. The van der Waals surface area contributed by atoms with Crippen LogP contribution in [0.5, 0.6) is 0 Å². The van der Waals surface area contributed by atoms with Crippen LogP contribution in [-0.2, 0) is 11.2 Å². The molecule has 0 saturated heterocycles. The fourth-order valence-corrected chi connectivity index (χ4v) is 1.22. The van der Waals surface area contributed by atoms with Gasteiger partial charge in [-0.15, -0.1) is 0 Å². The SMILES string of the molecule is CCNCCNC(=O)Cc1cccnc1. The van der Waals surface area contributed by atoms with Crippen LogP contribution in [0.4, 0.5) is 0 Å². The normalized spacial score (nSPS) is 9.93. The minimum absolute atomic E-state index is 0.0425. The van der Waals surface area contributed by atoms with Gasteiger partial charge in [-0.3, -0.25) is 9.78 Å². The molecular formula is C11H17N3O. The largest absolute Gasteiger partial charge is 0.355 e. The summed E-state index contributed by atoms with van der Waals surface area (Å²) in [6.45, 7) is 4.46. The number of carbonyl (C=O) groups excluding carboxylic acids is 1. The highest BCUT2D eigenvalue weighted by Gasteiger charge is 2.01. The molecule has 0 aliphatic carbocycles. The van der Waals surface area contributed by atoms with Crippen molar-refractivity contribution >= 4 is 5.91 Å². The van der Waals surface area contributed by atoms with Gasteiger partial charge in [-0.1, -0.05) is 13.0 Å². The minimum atomic E-state index is 0.0425. The molecule has 4 nitrogen and oxygen atoms in total. The highest BCUT2D eigenvalue weighted by molar-refractivity contribution is 5.78. The van der Waals surface area contributed by atoms with E-state index in [-0.39, 0.29) is 5.91 Å². The molecule has 0 aliphatic rings. The summed E-state index contributed by atoms with van der Waals surface area (Å²) in [5, 5.41) is 5.98. The minimum Gasteiger partial charge on any atom is -0.355 e. The van der Waals surface area contributed by atoms with Gasteiger partial charge in [0.2, 0.25) is 5.91 Å². The summed E-state index contributed by atoms with van der Waals surface area (Å²) in [7, 11) is 0. The van der Waals surface area contributed by atoms with Crippen molar-refractivity contribution in [1.82, 2.24) is 15.6 Å². The maximum absolute atomic E-state index is 11.4. The maximum Gasteiger partial charge on any atom is 0.224 e. The van der Waals surface area contributed by atoms with Crippen molar-refractivity contribution < 1.29 is 4.79 Å². The molecule has 1 amide bonds. The molecule has 0 saturated carbocycles. The summed E-state index contributed by atoms with van der Waals surface area (Å²) in [5.74, 6) is 0.0425. The summed E-state index contributed by atoms with van der Waals surface area (Å²) in [6.07, 6.45) is 3.82. The number of amides is 1. The Morgan fingerprint density at radius 3 is 3.00 bits per heavy atom. The molecule has 0 fully saturated rings. The first kappa shape index (κ1) is 11.7. The van der Waals surface area contributed by atoms with Crippen molar-refractivity contribution in [3.05, 3.63) is 30.1 Å². The number of hydrogen-bond donors (Lipinski definition) is 2. The summed E-state index contributed by atoms with van der Waals surface area (Å²) in [6, 6.07) is 3.73. The standard InChI is InChI=1S/C11H17N3O/c1-2-12-6-7-14-11(15)8-10-4-3-5-13-9-10/h3-5,9,12H,2,6-8H2,1H3,(H,14,15). The number of nitrogens with one attached hydrogen (secondary N) is 2. The first-order chi connectivity index (χ1) is 7.33. The molecule has 0 aliphatic heterocycles. The van der Waals surface area contributed by atoms with Gasteiger partial charge in [0.05, 0.1) is 6.42 Å². The molecule has 0 bridgehead atoms. The Balaban J connectivity index is 2.19. The Kier molecular flexibility index (Phi) is 5.40. The number of aromatic nitrogens is 1. The van der Waals surface area contributed by atoms with Crippen molar-refractivity contribution in [1.29, 1.82) is 0 Å². The van der Waals surface area contributed by atoms with Gasteiger partial charge < -0.3 is 10.6 Å². The molecule has 1 aromatic rings. The van der Waals surface area contributed by atoms with Crippen molar-refractivity contribution in [3.63, 3.8) is 0 Å². The van der Waals surface area contributed by atoms with E-state index >= 15 is 0 Å². The Bertz CT molecular complexity index is 287. The van der Waals surface area contributed by atoms with E-state index in [1.807, 2.05) is 19.1 Å². The quantitative estimate of drug-likeness (QED) is 0.662. The van der Waals surface area contributed by atoms with E-state index in [1.165, 1.54) is 0 Å². The fraction of sp³-hybridized carbons (Fsp3) is 0.455. The number of rotatable bonds is 6. The smallest absolute Gasteiger partial charge is 0.224 e. The second-order valence-corrected chi connectivity index (χ2v) is 3.24. The number of hydrogen-bond acceptors (Lipinski definition) is 3. The van der Waals surface area contributed by atoms with Crippen molar-refractivity contribution in [2.75, 3.05) is 19.6 Å². The molecule has 0 spiro atoms. The number of carbonyl (C=O) groups is 1. The van der Waals surface area contributed by atoms with Gasteiger partial charge in [0.15, 0.2) is 0 Å². The zero-order chi connectivity index (χ0) is 10.9. The van der Waals surface area contributed by atoms with E-state index in [2.05, 4.69) is 15.6 Å². The maximum atomic E-state index is 11.4. The van der Waals surface area contributed by atoms with Crippen LogP contribution in [0.25, 0.3) is 0 Å². The van der Waals surface area contributed by atoms with E-state index < -0.39 is 0 Å². The molecular weight excluding hydrogens is 190 g/mol. The predicted octanol–water partition coefficient (Wildman–Crippen LogP) is 0.350. The molecule has 1 aromatic heterocycles. The van der Waals surface area contributed by atoms with Crippen LogP contribution in [0.3, 0.4) is 0 Å². The summed E-state index contributed by atoms with van der Waals surface area (Å²) < 4.78 is 0. The Morgan fingerprint density at radius 1 is 1.47 bits per heavy atom. The predicted molar refractivity (Wildman–Crippen MR) is 59.5 cm³/mol. The van der Waals surface area contributed by atoms with Crippen LogP contribution in [0.15, 0.2) is 24.5 Å². The number of pyridine rings is 1. The van der Waals surface area contributed by atoms with Crippen molar-refractivity contribution in [3.8, 4) is 0 Å². The lowest BCUT2D eigenvalue weighted by Crippen LogP contribution is -2.32. The topological polar surface area (TPSA) is 54.0 Å². The van der Waals surface area contributed by atoms with Gasteiger partial charge in [-0.25, -0.2) is 0 Å².